The van der Waals surface area contributed by atoms with Crippen molar-refractivity contribution in [3.8, 4) is 11.1 Å². The highest BCUT2D eigenvalue weighted by atomic mass is 15.3. The van der Waals surface area contributed by atoms with E-state index in [1.165, 1.54) is 86.6 Å². The van der Waals surface area contributed by atoms with Crippen molar-refractivity contribution in [1.82, 2.24) is 0 Å². The van der Waals surface area contributed by atoms with Gasteiger partial charge >= 0.3 is 0 Å². The Morgan fingerprint density at radius 1 is 0.627 bits per heavy atom. The summed E-state index contributed by atoms with van der Waals surface area (Å²) in [6.07, 6.45) is 4.98. The zero-order valence-corrected chi connectivity index (χ0v) is 32.9. The maximum atomic E-state index is 3.93. The van der Waals surface area contributed by atoms with Crippen LogP contribution in [-0.4, -0.2) is 12.8 Å². The van der Waals surface area contributed by atoms with E-state index in [1.807, 2.05) is 0 Å². The Labute approximate surface area is 308 Å². The van der Waals surface area contributed by atoms with Crippen molar-refractivity contribution in [2.24, 2.45) is 0 Å². The molecule has 1 radical (unpaired) electrons. The van der Waals surface area contributed by atoms with Gasteiger partial charge in [0.2, 0.25) is 0 Å². The molecular weight excluding hydrogens is 615 g/mol. The molecule has 1 saturated carbocycles. The summed E-state index contributed by atoms with van der Waals surface area (Å²) in [7, 11) is 2.55. The molecule has 0 bridgehead atoms. The first kappa shape index (κ1) is 34.1. The Morgan fingerprint density at radius 2 is 1.27 bits per heavy atom. The van der Waals surface area contributed by atoms with Gasteiger partial charge in [-0.25, -0.2) is 0 Å². The number of rotatable bonds is 3. The van der Waals surface area contributed by atoms with E-state index in [0.717, 1.165) is 11.4 Å². The summed E-state index contributed by atoms with van der Waals surface area (Å²) < 4.78 is 0. The van der Waals surface area contributed by atoms with E-state index in [9.17, 15) is 0 Å². The Kier molecular flexibility index (Phi) is 7.54. The van der Waals surface area contributed by atoms with Crippen molar-refractivity contribution in [3.05, 3.63) is 107 Å². The van der Waals surface area contributed by atoms with Gasteiger partial charge in [0.25, 0.3) is 0 Å². The summed E-state index contributed by atoms with van der Waals surface area (Å²) in [5, 5.41) is 6.57. The lowest BCUT2D eigenvalue weighted by atomic mass is 9.56. The van der Waals surface area contributed by atoms with E-state index >= 15 is 0 Å². The number of benzene rings is 5. The molecule has 0 aromatic heterocycles. The first-order valence-corrected chi connectivity index (χ1v) is 19.3. The van der Waals surface area contributed by atoms with Crippen LogP contribution < -0.4 is 21.1 Å². The summed E-state index contributed by atoms with van der Waals surface area (Å²) in [5.74, 6) is 0. The molecule has 0 amide bonds. The monoisotopic (exact) mass is 671 g/mol. The highest BCUT2D eigenvalue weighted by Crippen LogP contribution is 2.62. The minimum atomic E-state index is -0.0186. The topological polar surface area (TPSA) is 15.3 Å². The zero-order valence-electron chi connectivity index (χ0n) is 32.9. The lowest BCUT2D eigenvalue weighted by Gasteiger charge is -2.51. The first-order valence-electron chi connectivity index (χ1n) is 19.3. The Bertz CT molecular complexity index is 2190. The predicted octanol–water partition coefficient (Wildman–Crippen LogP) is 11.9. The molecule has 2 aliphatic heterocycles. The largest absolute Gasteiger partial charge is 0.355 e. The summed E-state index contributed by atoms with van der Waals surface area (Å²) in [6, 6.07) is 32.9. The maximum Gasteiger partial charge on any atom is 0.197 e. The molecule has 1 fully saturated rings. The fourth-order valence-corrected chi connectivity index (χ4v) is 9.42. The molecule has 3 aliphatic rings. The molecule has 0 spiro atoms. The fraction of sp³-hybridized carbons (Fsp3) is 0.417. The maximum absolute atomic E-state index is 3.93. The van der Waals surface area contributed by atoms with E-state index in [1.54, 1.807) is 5.56 Å². The third kappa shape index (κ3) is 5.28. The van der Waals surface area contributed by atoms with E-state index in [-0.39, 0.29) is 27.2 Å². The minimum Gasteiger partial charge on any atom is -0.355 e. The summed E-state index contributed by atoms with van der Waals surface area (Å²) >= 11 is 0. The molecule has 2 heterocycles. The SMILES string of the molecule is CC(C)(C)c1ccc(Nc2cc(C(C)(C)C)ccc2-c2cc3ccccc3c3c2[B]c2cc(C(C)(C)C)cc4c2N3C2(C)CCCCC42C)cc1. The van der Waals surface area contributed by atoms with Gasteiger partial charge in [0.1, 0.15) is 0 Å². The minimum absolute atomic E-state index is 0.0186. The van der Waals surface area contributed by atoms with Crippen LogP contribution in [0.2, 0.25) is 0 Å². The summed E-state index contributed by atoms with van der Waals surface area (Å²) in [6.45, 7) is 26.0. The average molecular weight is 672 g/mol. The lowest BCUT2D eigenvalue weighted by Crippen LogP contribution is -2.57. The van der Waals surface area contributed by atoms with Crippen LogP contribution in [0.3, 0.4) is 0 Å². The zero-order chi connectivity index (χ0) is 36.3. The van der Waals surface area contributed by atoms with Crippen LogP contribution in [0.1, 0.15) is 124 Å². The van der Waals surface area contributed by atoms with E-state index < -0.39 is 0 Å². The highest BCUT2D eigenvalue weighted by molar-refractivity contribution is 6.74. The second-order valence-electron chi connectivity index (χ2n) is 19.4. The molecule has 5 aromatic carbocycles. The standard InChI is InChI=1S/C48H56BN2/c1-44(2,3)31-18-21-34(22-19-31)50-40-29-32(45(4,5)6)20-23-36(40)37-26-30-16-12-13-17-35(30)42-41(37)49-39-28-33(46(7,8)9)27-38-43(39)51(42)48(11)25-15-14-24-47(38,48)10/h12-13,16-23,26-29,50H,14-15,24-25H2,1-11H3. The number of nitrogens with zero attached hydrogens (tertiary/aromatic N) is 1. The quantitative estimate of drug-likeness (QED) is 0.192. The van der Waals surface area contributed by atoms with Crippen molar-refractivity contribution in [3.63, 3.8) is 0 Å². The van der Waals surface area contributed by atoms with E-state index in [4.69, 9.17) is 0 Å². The molecule has 8 rings (SSSR count). The van der Waals surface area contributed by atoms with Crippen LogP contribution in [0.4, 0.5) is 22.7 Å². The van der Waals surface area contributed by atoms with Crippen molar-refractivity contribution in [2.75, 3.05) is 10.2 Å². The highest BCUT2D eigenvalue weighted by Gasteiger charge is 2.59. The molecule has 1 N–H and O–H groups in total. The van der Waals surface area contributed by atoms with Gasteiger partial charge in [-0.1, -0.05) is 148 Å². The van der Waals surface area contributed by atoms with E-state index in [0.29, 0.717) is 0 Å². The van der Waals surface area contributed by atoms with Crippen molar-refractivity contribution < 1.29 is 0 Å². The van der Waals surface area contributed by atoms with Crippen molar-refractivity contribution in [1.29, 1.82) is 0 Å². The molecular formula is C48H56BN2. The van der Waals surface area contributed by atoms with Gasteiger partial charge in [-0.3, -0.25) is 0 Å². The Hall–Kier alpha value is -3.98. The summed E-state index contributed by atoms with van der Waals surface area (Å²) in [4.78, 5) is 2.84. The molecule has 2 nitrogen and oxygen atoms in total. The van der Waals surface area contributed by atoms with Gasteiger partial charge in [-0.15, -0.1) is 0 Å². The van der Waals surface area contributed by atoms with Crippen LogP contribution in [-0.2, 0) is 21.7 Å². The Balaban J connectivity index is 1.40. The predicted molar refractivity (Wildman–Crippen MR) is 223 cm³/mol. The average Bonchev–Trinajstić information content (AvgIpc) is 3.27. The number of fused-ring (bicyclic) bond motifs is 7. The first-order chi connectivity index (χ1) is 23.9. The number of anilines is 4. The molecule has 5 aromatic rings. The van der Waals surface area contributed by atoms with Crippen LogP contribution in [0, 0.1) is 0 Å². The van der Waals surface area contributed by atoms with Gasteiger partial charge in [0, 0.05) is 39.1 Å². The molecule has 51 heavy (non-hydrogen) atoms. The van der Waals surface area contributed by atoms with Gasteiger partial charge in [-0.05, 0) is 98.9 Å². The number of hydrogen-bond donors (Lipinski definition) is 1. The normalized spacial score (nSPS) is 21.2. The number of nitrogens with one attached hydrogen (secondary N) is 1. The molecule has 0 saturated heterocycles. The second kappa shape index (κ2) is 11.3. The molecule has 3 heteroatoms. The summed E-state index contributed by atoms with van der Waals surface area (Å²) in [5.41, 5.74) is 16.3. The van der Waals surface area contributed by atoms with Gasteiger partial charge in [0.15, 0.2) is 7.28 Å². The molecule has 261 valence electrons. The van der Waals surface area contributed by atoms with Crippen LogP contribution in [0.25, 0.3) is 21.9 Å². The smallest absolute Gasteiger partial charge is 0.197 e. The van der Waals surface area contributed by atoms with Crippen LogP contribution >= 0.6 is 0 Å². The third-order valence-corrected chi connectivity index (χ3v) is 12.9. The van der Waals surface area contributed by atoms with Crippen LogP contribution in [0.5, 0.6) is 0 Å². The van der Waals surface area contributed by atoms with Gasteiger partial charge < -0.3 is 10.2 Å². The number of hydrogen-bond acceptors (Lipinski definition) is 2. The fourth-order valence-electron chi connectivity index (χ4n) is 9.42. The second-order valence-corrected chi connectivity index (χ2v) is 19.4. The van der Waals surface area contributed by atoms with Crippen molar-refractivity contribution in [2.45, 2.75) is 129 Å². The van der Waals surface area contributed by atoms with E-state index in [2.05, 4.69) is 179 Å². The lowest BCUT2D eigenvalue weighted by molar-refractivity contribution is 0.195. The molecule has 2 atom stereocenters. The third-order valence-electron chi connectivity index (χ3n) is 12.9. The Morgan fingerprint density at radius 3 is 1.96 bits per heavy atom. The molecule has 1 aliphatic carbocycles. The molecule has 2 unspecified atom stereocenters. The van der Waals surface area contributed by atoms with Crippen LogP contribution in [0.15, 0.2) is 84.9 Å². The van der Waals surface area contributed by atoms with Gasteiger partial charge in [0.05, 0.1) is 5.54 Å². The van der Waals surface area contributed by atoms with Crippen molar-refractivity contribution >= 4 is 51.7 Å². The van der Waals surface area contributed by atoms with Gasteiger partial charge in [-0.2, -0.15) is 0 Å².